The first-order valence-electron chi connectivity index (χ1n) is 2.83. The van der Waals surface area contributed by atoms with Crippen LogP contribution in [-0.4, -0.2) is 24.6 Å². The highest BCUT2D eigenvalue weighted by Crippen LogP contribution is 2.28. The first kappa shape index (κ1) is 6.96. The Labute approximate surface area is 59.9 Å². The minimum atomic E-state index is 0.199. The molecular weight excluding hydrogens is 134 g/mol. The summed E-state index contributed by atoms with van der Waals surface area (Å²) >= 11 is 1.70. The smallest absolute Gasteiger partial charge is 0.181 e. The van der Waals surface area contributed by atoms with Gasteiger partial charge in [-0.1, -0.05) is 11.8 Å². The van der Waals surface area contributed by atoms with Crippen molar-refractivity contribution in [1.82, 2.24) is 4.90 Å². The van der Waals surface area contributed by atoms with E-state index in [0.29, 0.717) is 0 Å². The van der Waals surface area contributed by atoms with Crippen molar-refractivity contribution in [2.75, 3.05) is 14.2 Å². The summed E-state index contributed by atoms with van der Waals surface area (Å²) in [5.41, 5.74) is 1.47. The van der Waals surface area contributed by atoms with Crippen molar-refractivity contribution >= 4 is 11.8 Å². The molecule has 0 saturated heterocycles. The molecule has 0 aromatic carbocycles. The number of rotatable bonds is 1. The van der Waals surface area contributed by atoms with E-state index in [4.69, 9.17) is 4.74 Å². The van der Waals surface area contributed by atoms with Crippen LogP contribution >= 0.6 is 11.8 Å². The summed E-state index contributed by atoms with van der Waals surface area (Å²) in [6, 6.07) is 0. The van der Waals surface area contributed by atoms with Crippen LogP contribution in [0.4, 0.5) is 0 Å². The summed E-state index contributed by atoms with van der Waals surface area (Å²) in [5.74, 6) is 0. The topological polar surface area (TPSA) is 12.5 Å². The van der Waals surface area contributed by atoms with Crippen molar-refractivity contribution in [3.8, 4) is 0 Å². The molecule has 1 atom stereocenters. The standard InChI is InChI=1S/C6H11NOS/c1-5-4-9-6(8-3)7(5)2/h4,6H,1-3H3. The first-order valence-corrected chi connectivity index (χ1v) is 3.78. The third-order valence-electron chi connectivity index (χ3n) is 1.43. The van der Waals surface area contributed by atoms with Crippen LogP contribution < -0.4 is 0 Å². The maximum atomic E-state index is 5.13. The summed E-state index contributed by atoms with van der Waals surface area (Å²) < 4.78 is 5.13. The number of hydrogen-bond donors (Lipinski definition) is 0. The highest BCUT2D eigenvalue weighted by atomic mass is 32.2. The van der Waals surface area contributed by atoms with E-state index in [1.54, 1.807) is 18.9 Å². The summed E-state index contributed by atoms with van der Waals surface area (Å²) in [7, 11) is 3.75. The lowest BCUT2D eigenvalue weighted by Crippen LogP contribution is -2.24. The molecule has 0 aliphatic carbocycles. The monoisotopic (exact) mass is 145 g/mol. The average Bonchev–Trinajstić information content (AvgIpc) is 2.15. The Balaban J connectivity index is 2.51. The van der Waals surface area contributed by atoms with Crippen LogP contribution in [0.15, 0.2) is 11.1 Å². The molecule has 0 radical (unpaired) electrons. The zero-order valence-corrected chi connectivity index (χ0v) is 6.73. The van der Waals surface area contributed by atoms with Crippen LogP contribution in [0.3, 0.4) is 0 Å². The highest BCUT2D eigenvalue weighted by molar-refractivity contribution is 8.02. The minimum absolute atomic E-state index is 0.199. The van der Waals surface area contributed by atoms with Crippen molar-refractivity contribution in [2.45, 2.75) is 12.5 Å². The van der Waals surface area contributed by atoms with Crippen LogP contribution in [0.1, 0.15) is 6.92 Å². The van der Waals surface area contributed by atoms with Gasteiger partial charge in [0.2, 0.25) is 0 Å². The van der Waals surface area contributed by atoms with Crippen molar-refractivity contribution in [1.29, 1.82) is 0 Å². The molecule has 0 aromatic rings. The Morgan fingerprint density at radius 3 is 2.67 bits per heavy atom. The quantitative estimate of drug-likeness (QED) is 0.554. The molecule has 0 saturated carbocycles. The molecule has 1 heterocycles. The maximum Gasteiger partial charge on any atom is 0.181 e. The molecular formula is C6H11NOS. The molecule has 1 rings (SSSR count). The molecule has 1 aliphatic heterocycles. The first-order chi connectivity index (χ1) is 4.25. The molecule has 1 aliphatic rings. The van der Waals surface area contributed by atoms with E-state index >= 15 is 0 Å². The van der Waals surface area contributed by atoms with Crippen LogP contribution in [0.25, 0.3) is 0 Å². The van der Waals surface area contributed by atoms with Gasteiger partial charge in [-0.05, 0) is 12.3 Å². The van der Waals surface area contributed by atoms with Gasteiger partial charge in [0.05, 0.1) is 0 Å². The van der Waals surface area contributed by atoms with Gasteiger partial charge in [-0.2, -0.15) is 0 Å². The molecule has 0 bridgehead atoms. The van der Waals surface area contributed by atoms with Crippen LogP contribution in [-0.2, 0) is 4.74 Å². The molecule has 0 N–H and O–H groups in total. The number of thioether (sulfide) groups is 1. The molecule has 0 fully saturated rings. The lowest BCUT2D eigenvalue weighted by Gasteiger charge is -2.20. The van der Waals surface area contributed by atoms with E-state index in [1.165, 1.54) is 5.70 Å². The molecule has 9 heavy (non-hydrogen) atoms. The van der Waals surface area contributed by atoms with Gasteiger partial charge in [0.15, 0.2) is 5.56 Å². The van der Waals surface area contributed by atoms with E-state index in [-0.39, 0.29) is 5.56 Å². The van der Waals surface area contributed by atoms with Crippen molar-refractivity contribution in [2.24, 2.45) is 0 Å². The Kier molecular flexibility index (Phi) is 2.03. The molecule has 0 amide bonds. The number of nitrogens with zero attached hydrogens (tertiary/aromatic N) is 1. The van der Waals surface area contributed by atoms with Crippen LogP contribution in [0.5, 0.6) is 0 Å². The molecule has 3 heteroatoms. The van der Waals surface area contributed by atoms with Crippen molar-refractivity contribution in [3.05, 3.63) is 11.1 Å². The fraction of sp³-hybridized carbons (Fsp3) is 0.667. The fourth-order valence-electron chi connectivity index (χ4n) is 0.711. The van der Waals surface area contributed by atoms with Crippen molar-refractivity contribution in [3.63, 3.8) is 0 Å². The predicted octanol–water partition coefficient (Wildman–Crippen LogP) is 1.46. The van der Waals surface area contributed by atoms with Gasteiger partial charge in [0, 0.05) is 19.9 Å². The van der Waals surface area contributed by atoms with Gasteiger partial charge in [-0.15, -0.1) is 0 Å². The highest BCUT2D eigenvalue weighted by Gasteiger charge is 2.18. The second-order valence-electron chi connectivity index (χ2n) is 2.05. The van der Waals surface area contributed by atoms with Gasteiger partial charge < -0.3 is 9.64 Å². The van der Waals surface area contributed by atoms with Gasteiger partial charge in [-0.3, -0.25) is 0 Å². The normalized spacial score (nSPS) is 26.8. The summed E-state index contributed by atoms with van der Waals surface area (Å²) in [6.45, 7) is 2.08. The lowest BCUT2D eigenvalue weighted by atomic mass is 10.5. The molecule has 52 valence electrons. The van der Waals surface area contributed by atoms with E-state index in [2.05, 4.69) is 17.2 Å². The predicted molar refractivity (Wildman–Crippen MR) is 39.9 cm³/mol. The number of ether oxygens (including phenoxy) is 1. The largest absolute Gasteiger partial charge is 0.352 e. The maximum absolute atomic E-state index is 5.13. The lowest BCUT2D eigenvalue weighted by molar-refractivity contribution is 0.0770. The summed E-state index contributed by atoms with van der Waals surface area (Å²) in [6.07, 6.45) is 0. The van der Waals surface area contributed by atoms with Gasteiger partial charge in [-0.25, -0.2) is 0 Å². The minimum Gasteiger partial charge on any atom is -0.352 e. The van der Waals surface area contributed by atoms with E-state index in [1.807, 2.05) is 7.05 Å². The second-order valence-corrected chi connectivity index (χ2v) is 2.96. The van der Waals surface area contributed by atoms with Gasteiger partial charge >= 0.3 is 0 Å². The third-order valence-corrected chi connectivity index (χ3v) is 2.65. The Morgan fingerprint density at radius 1 is 1.78 bits per heavy atom. The van der Waals surface area contributed by atoms with Crippen molar-refractivity contribution < 1.29 is 4.74 Å². The van der Waals surface area contributed by atoms with E-state index in [0.717, 1.165) is 0 Å². The van der Waals surface area contributed by atoms with E-state index < -0.39 is 0 Å². The van der Waals surface area contributed by atoms with Gasteiger partial charge in [0.25, 0.3) is 0 Å². The zero-order chi connectivity index (χ0) is 6.85. The van der Waals surface area contributed by atoms with Crippen LogP contribution in [0, 0.1) is 0 Å². The number of allylic oxidation sites excluding steroid dienone is 1. The molecule has 2 nitrogen and oxygen atoms in total. The molecule has 0 spiro atoms. The zero-order valence-electron chi connectivity index (χ0n) is 5.92. The second kappa shape index (κ2) is 2.62. The summed E-state index contributed by atoms with van der Waals surface area (Å²) in [5, 5.41) is 2.11. The Bertz CT molecular complexity index is 135. The average molecular weight is 145 g/mol. The number of methoxy groups -OCH3 is 1. The Hall–Kier alpha value is -0.150. The molecule has 1 unspecified atom stereocenters. The SMILES string of the molecule is COC1SC=C(C)N1C. The van der Waals surface area contributed by atoms with Gasteiger partial charge in [0.1, 0.15) is 0 Å². The number of hydrogen-bond acceptors (Lipinski definition) is 3. The third kappa shape index (κ3) is 1.22. The van der Waals surface area contributed by atoms with E-state index in [9.17, 15) is 0 Å². The van der Waals surface area contributed by atoms with Crippen LogP contribution in [0.2, 0.25) is 0 Å². The molecule has 0 aromatic heterocycles. The Morgan fingerprint density at radius 2 is 2.44 bits per heavy atom. The fourth-order valence-corrected chi connectivity index (χ4v) is 1.65. The summed E-state index contributed by atoms with van der Waals surface area (Å²) in [4.78, 5) is 2.10.